The highest BCUT2D eigenvalue weighted by Crippen LogP contribution is 2.26. The number of nitrogens with one attached hydrogen (secondary N) is 1. The monoisotopic (exact) mass is 213 g/mol. The minimum Gasteiger partial charge on any atom is -0.379 e. The molecule has 2 nitrogen and oxygen atoms in total. The summed E-state index contributed by atoms with van der Waals surface area (Å²) in [4.78, 5) is 0. The van der Waals surface area contributed by atoms with Gasteiger partial charge in [-0.15, -0.1) is 0 Å². The highest BCUT2D eigenvalue weighted by Gasteiger charge is 2.16. The second-order valence-corrected chi connectivity index (χ2v) is 5.40. The molecule has 1 aliphatic rings. The molecular formula is C13H27NO. The minimum atomic E-state index is 0.0281. The molecule has 0 bridgehead atoms. The van der Waals surface area contributed by atoms with E-state index < -0.39 is 0 Å². The Bertz CT molecular complexity index is 162. The van der Waals surface area contributed by atoms with Crippen LogP contribution in [0.5, 0.6) is 0 Å². The van der Waals surface area contributed by atoms with Crippen LogP contribution >= 0.6 is 0 Å². The Morgan fingerprint density at radius 3 is 2.47 bits per heavy atom. The first-order valence-corrected chi connectivity index (χ1v) is 6.40. The third-order valence-corrected chi connectivity index (χ3v) is 3.66. The van der Waals surface area contributed by atoms with Crippen molar-refractivity contribution in [2.75, 3.05) is 20.2 Å². The van der Waals surface area contributed by atoms with Crippen LogP contribution in [0.2, 0.25) is 0 Å². The average Bonchev–Trinajstić information content (AvgIpc) is 2.70. The zero-order valence-corrected chi connectivity index (χ0v) is 10.6. The molecule has 0 aliphatic heterocycles. The first-order valence-electron chi connectivity index (χ1n) is 6.40. The molecule has 90 valence electrons. The molecule has 1 N–H and O–H groups in total. The molecule has 1 rings (SSSR count). The Labute approximate surface area is 94.8 Å². The van der Waals surface area contributed by atoms with Gasteiger partial charge in [0.05, 0.1) is 5.60 Å². The van der Waals surface area contributed by atoms with E-state index in [1.165, 1.54) is 38.6 Å². The van der Waals surface area contributed by atoms with Gasteiger partial charge in [-0.25, -0.2) is 0 Å². The van der Waals surface area contributed by atoms with E-state index in [2.05, 4.69) is 19.2 Å². The summed E-state index contributed by atoms with van der Waals surface area (Å²) in [7, 11) is 1.79. The lowest BCUT2D eigenvalue weighted by atomic mass is 10.0. The minimum absolute atomic E-state index is 0.0281. The highest BCUT2D eigenvalue weighted by atomic mass is 16.5. The zero-order valence-electron chi connectivity index (χ0n) is 10.6. The molecule has 1 saturated carbocycles. The quantitative estimate of drug-likeness (QED) is 0.656. The SMILES string of the molecule is COC(C)(C)CCNCCC1CCCC1. The molecule has 0 saturated heterocycles. The average molecular weight is 213 g/mol. The third-order valence-electron chi connectivity index (χ3n) is 3.66. The maximum atomic E-state index is 5.38. The van der Waals surface area contributed by atoms with Crippen LogP contribution < -0.4 is 5.32 Å². The smallest absolute Gasteiger partial charge is 0.0634 e. The highest BCUT2D eigenvalue weighted by molar-refractivity contribution is 4.71. The summed E-state index contributed by atoms with van der Waals surface area (Å²) >= 11 is 0. The van der Waals surface area contributed by atoms with Gasteiger partial charge in [-0.05, 0) is 45.7 Å². The molecular weight excluding hydrogens is 186 g/mol. The van der Waals surface area contributed by atoms with Gasteiger partial charge in [0.15, 0.2) is 0 Å². The normalized spacial score (nSPS) is 18.6. The van der Waals surface area contributed by atoms with Crippen LogP contribution in [0.15, 0.2) is 0 Å². The van der Waals surface area contributed by atoms with Crippen molar-refractivity contribution in [1.82, 2.24) is 5.32 Å². The van der Waals surface area contributed by atoms with Crippen molar-refractivity contribution >= 4 is 0 Å². The number of ether oxygens (including phenoxy) is 1. The summed E-state index contributed by atoms with van der Waals surface area (Å²) in [6.45, 7) is 6.55. The van der Waals surface area contributed by atoms with Crippen LogP contribution in [0.4, 0.5) is 0 Å². The second-order valence-electron chi connectivity index (χ2n) is 5.40. The van der Waals surface area contributed by atoms with Crippen LogP contribution in [0, 0.1) is 5.92 Å². The summed E-state index contributed by atoms with van der Waals surface area (Å²) in [5.41, 5.74) is 0.0281. The fourth-order valence-electron chi connectivity index (χ4n) is 2.22. The molecule has 0 aromatic rings. The molecule has 1 aliphatic carbocycles. The Morgan fingerprint density at radius 2 is 1.87 bits per heavy atom. The summed E-state index contributed by atoms with van der Waals surface area (Å²) in [5.74, 6) is 1.01. The topological polar surface area (TPSA) is 21.3 Å². The number of methoxy groups -OCH3 is 1. The van der Waals surface area contributed by atoms with Gasteiger partial charge < -0.3 is 10.1 Å². The van der Waals surface area contributed by atoms with Crippen molar-refractivity contribution in [1.29, 1.82) is 0 Å². The lowest BCUT2D eigenvalue weighted by Crippen LogP contribution is -2.29. The summed E-state index contributed by atoms with van der Waals surface area (Å²) < 4.78 is 5.38. The molecule has 0 atom stereocenters. The molecule has 2 heteroatoms. The van der Waals surface area contributed by atoms with Gasteiger partial charge >= 0.3 is 0 Å². The van der Waals surface area contributed by atoms with Gasteiger partial charge in [0.1, 0.15) is 0 Å². The van der Waals surface area contributed by atoms with Gasteiger partial charge in [0, 0.05) is 7.11 Å². The number of hydrogen-bond acceptors (Lipinski definition) is 2. The predicted octanol–water partition coefficient (Wildman–Crippen LogP) is 2.97. The molecule has 0 aromatic carbocycles. The molecule has 0 aromatic heterocycles. The van der Waals surface area contributed by atoms with Crippen LogP contribution in [-0.2, 0) is 4.74 Å². The third kappa shape index (κ3) is 5.53. The molecule has 0 amide bonds. The van der Waals surface area contributed by atoms with E-state index in [1.54, 1.807) is 7.11 Å². The van der Waals surface area contributed by atoms with Gasteiger partial charge in [0.25, 0.3) is 0 Å². The van der Waals surface area contributed by atoms with Gasteiger partial charge in [-0.2, -0.15) is 0 Å². The van der Waals surface area contributed by atoms with E-state index >= 15 is 0 Å². The fourth-order valence-corrected chi connectivity index (χ4v) is 2.22. The van der Waals surface area contributed by atoms with Crippen LogP contribution in [0.25, 0.3) is 0 Å². The van der Waals surface area contributed by atoms with E-state index in [1.807, 2.05) is 0 Å². The van der Waals surface area contributed by atoms with E-state index in [0.717, 1.165) is 18.9 Å². The van der Waals surface area contributed by atoms with Gasteiger partial charge in [-0.3, -0.25) is 0 Å². The molecule has 0 heterocycles. The number of rotatable bonds is 7. The Hall–Kier alpha value is -0.0800. The van der Waals surface area contributed by atoms with Crippen molar-refractivity contribution in [3.63, 3.8) is 0 Å². The molecule has 0 spiro atoms. The molecule has 0 unspecified atom stereocenters. The van der Waals surface area contributed by atoms with Crippen LogP contribution in [0.1, 0.15) is 52.4 Å². The Kier molecular flexibility index (Phi) is 5.62. The largest absolute Gasteiger partial charge is 0.379 e. The molecule has 1 fully saturated rings. The van der Waals surface area contributed by atoms with Crippen LogP contribution in [-0.4, -0.2) is 25.8 Å². The first kappa shape index (κ1) is 13.0. The summed E-state index contributed by atoms with van der Waals surface area (Å²) in [6.07, 6.45) is 8.31. The predicted molar refractivity (Wildman–Crippen MR) is 65.1 cm³/mol. The Morgan fingerprint density at radius 1 is 1.20 bits per heavy atom. The Balaban J connectivity index is 1.92. The van der Waals surface area contributed by atoms with Crippen LogP contribution in [0.3, 0.4) is 0 Å². The first-order chi connectivity index (χ1) is 7.14. The van der Waals surface area contributed by atoms with E-state index in [4.69, 9.17) is 4.74 Å². The summed E-state index contributed by atoms with van der Waals surface area (Å²) in [6, 6.07) is 0. The van der Waals surface area contributed by atoms with E-state index in [9.17, 15) is 0 Å². The van der Waals surface area contributed by atoms with Gasteiger partial charge in [-0.1, -0.05) is 25.7 Å². The molecule has 15 heavy (non-hydrogen) atoms. The second kappa shape index (κ2) is 6.49. The lowest BCUT2D eigenvalue weighted by Gasteiger charge is -2.23. The fraction of sp³-hybridized carbons (Fsp3) is 1.00. The van der Waals surface area contributed by atoms with E-state index in [0.29, 0.717) is 0 Å². The zero-order chi connectivity index (χ0) is 11.1. The van der Waals surface area contributed by atoms with Crippen molar-refractivity contribution in [2.45, 2.75) is 58.0 Å². The van der Waals surface area contributed by atoms with Crippen molar-refractivity contribution in [3.8, 4) is 0 Å². The van der Waals surface area contributed by atoms with Gasteiger partial charge in [0.2, 0.25) is 0 Å². The van der Waals surface area contributed by atoms with E-state index in [-0.39, 0.29) is 5.60 Å². The van der Waals surface area contributed by atoms with Crippen molar-refractivity contribution in [3.05, 3.63) is 0 Å². The maximum absolute atomic E-state index is 5.38. The van der Waals surface area contributed by atoms with Crippen molar-refractivity contribution < 1.29 is 4.74 Å². The standard InChI is InChI=1S/C13H27NO/c1-13(2,15-3)9-11-14-10-8-12-6-4-5-7-12/h12,14H,4-11H2,1-3H3. The maximum Gasteiger partial charge on any atom is 0.0634 e. The number of hydrogen-bond donors (Lipinski definition) is 1. The van der Waals surface area contributed by atoms with Crippen molar-refractivity contribution in [2.24, 2.45) is 5.92 Å². The summed E-state index contributed by atoms with van der Waals surface area (Å²) in [5, 5.41) is 3.52. The lowest BCUT2D eigenvalue weighted by molar-refractivity contribution is 0.0158. The molecule has 0 radical (unpaired) electrons.